The molecule has 10 nitrogen and oxygen atoms in total. The van der Waals surface area contributed by atoms with E-state index < -0.39 is 34.7 Å². The lowest BCUT2D eigenvalue weighted by molar-refractivity contribution is -0.170. The van der Waals surface area contributed by atoms with Crippen LogP contribution in [0.15, 0.2) is 48.5 Å². The van der Waals surface area contributed by atoms with E-state index >= 15 is 0 Å². The van der Waals surface area contributed by atoms with Crippen molar-refractivity contribution in [3.63, 3.8) is 0 Å². The second-order valence-corrected chi connectivity index (χ2v) is 16.4. The zero-order valence-electron chi connectivity index (χ0n) is 39.3. The average Bonchev–Trinajstić information content (AvgIpc) is 3.26. The summed E-state index contributed by atoms with van der Waals surface area (Å²) in [5.74, 6) is 7.44. The monoisotopic (exact) mass is 895 g/mol. The van der Waals surface area contributed by atoms with E-state index in [9.17, 15) is 19.2 Å². The Morgan fingerprint density at radius 1 is 0.492 bits per heavy atom. The van der Waals surface area contributed by atoms with Gasteiger partial charge in [0.25, 0.3) is 0 Å². The quantitative estimate of drug-likeness (QED) is 0.0258. The maximum Gasteiger partial charge on any atom is 0.324 e. The van der Waals surface area contributed by atoms with Crippen molar-refractivity contribution in [1.29, 1.82) is 0 Å². The van der Waals surface area contributed by atoms with Crippen molar-refractivity contribution in [3.05, 3.63) is 70.8 Å². The normalized spacial score (nSPS) is 10.8. The highest BCUT2D eigenvalue weighted by Crippen LogP contribution is 2.25. The lowest BCUT2D eigenvalue weighted by Gasteiger charge is -2.22. The van der Waals surface area contributed by atoms with Crippen LogP contribution in [0, 0.1) is 34.5 Å². The molecule has 2 rings (SSSR count). The number of unbranched alkanes of at least 4 members (excludes halogenated alkanes) is 12. The minimum atomic E-state index is -1.86. The van der Waals surface area contributed by atoms with Crippen molar-refractivity contribution in [3.8, 4) is 23.7 Å². The summed E-state index contributed by atoms with van der Waals surface area (Å²) in [5.41, 5.74) is 1.87. The summed E-state index contributed by atoms with van der Waals surface area (Å²) >= 11 is 0. The van der Waals surface area contributed by atoms with E-state index in [1.807, 2.05) is 0 Å². The first kappa shape index (κ1) is 58.6. The molecule has 2 aromatic rings. The summed E-state index contributed by atoms with van der Waals surface area (Å²) in [6.45, 7) is 13.3. The summed E-state index contributed by atoms with van der Waals surface area (Å²) in [5, 5.41) is 24.5. The van der Waals surface area contributed by atoms with Crippen molar-refractivity contribution >= 4 is 36.3 Å². The molecule has 352 valence electrons. The Morgan fingerprint density at radius 2 is 0.810 bits per heavy atom. The van der Waals surface area contributed by atoms with E-state index in [0.29, 0.717) is 19.6 Å². The fourth-order valence-corrected chi connectivity index (χ4v) is 6.41. The Morgan fingerprint density at radius 3 is 1.14 bits per heavy atom. The van der Waals surface area contributed by atoms with Crippen molar-refractivity contribution in [2.24, 2.45) is 10.8 Å². The molecule has 0 aromatic heterocycles. The fourth-order valence-electron chi connectivity index (χ4n) is 6.41. The number of nitrogens with one attached hydrogen (secondary N) is 2. The van der Waals surface area contributed by atoms with Gasteiger partial charge in [0.2, 0.25) is 0 Å². The number of aliphatic carboxylic acids is 2. The largest absolute Gasteiger partial charge is 0.480 e. The van der Waals surface area contributed by atoms with E-state index in [1.165, 1.54) is 120 Å². The molecule has 11 heteroatoms. The molecule has 0 saturated heterocycles. The summed E-state index contributed by atoms with van der Waals surface area (Å²) in [4.78, 5) is 46.6. The van der Waals surface area contributed by atoms with Gasteiger partial charge < -0.3 is 30.3 Å². The third-order valence-electron chi connectivity index (χ3n) is 10.8. The fraction of sp³-hybridized carbons (Fsp3) is 0.615. The number of carbonyl (C=O) groups is 4. The van der Waals surface area contributed by atoms with Crippen LogP contribution in [0.4, 0.5) is 0 Å². The van der Waals surface area contributed by atoms with Gasteiger partial charge in [0.05, 0.1) is 26.3 Å². The molecule has 0 spiro atoms. The lowest BCUT2D eigenvalue weighted by atomic mass is 9.87. The number of aryl methyl sites for hydroxylation is 2. The number of hydrogen-bond donors (Lipinski definition) is 4. The summed E-state index contributed by atoms with van der Waals surface area (Å²) in [6, 6.07) is 17.3. The number of carbonyl (C=O) groups excluding carboxylic acids is 2. The Kier molecular flexibility index (Phi) is 33.6. The summed E-state index contributed by atoms with van der Waals surface area (Å²) in [7, 11) is 0. The van der Waals surface area contributed by atoms with Crippen molar-refractivity contribution in [1.82, 2.24) is 10.6 Å². The van der Waals surface area contributed by atoms with E-state index in [1.54, 1.807) is 13.8 Å². The molecule has 0 atom stereocenters. The number of rotatable bonds is 30. The van der Waals surface area contributed by atoms with Crippen molar-refractivity contribution < 1.29 is 38.9 Å². The smallest absolute Gasteiger partial charge is 0.324 e. The first-order valence-corrected chi connectivity index (χ1v) is 23.2. The van der Waals surface area contributed by atoms with Gasteiger partial charge in [-0.3, -0.25) is 19.2 Å². The van der Waals surface area contributed by atoms with Gasteiger partial charge in [0, 0.05) is 25.9 Å². The Bertz CT molecular complexity index is 1660. The number of hydrogen-bond acceptors (Lipinski definition) is 8. The molecular weight excluding hydrogens is 816 g/mol. The van der Waals surface area contributed by atoms with Crippen LogP contribution in [-0.4, -0.2) is 60.4 Å². The highest BCUT2D eigenvalue weighted by atomic mass is 35.5. The van der Waals surface area contributed by atoms with Gasteiger partial charge in [0.15, 0.2) is 10.8 Å². The van der Waals surface area contributed by atoms with Gasteiger partial charge in [-0.2, -0.15) is 0 Å². The van der Waals surface area contributed by atoms with Crippen LogP contribution in [0.5, 0.6) is 0 Å². The maximum absolute atomic E-state index is 12.2. The van der Waals surface area contributed by atoms with Crippen LogP contribution < -0.4 is 10.6 Å². The van der Waals surface area contributed by atoms with Crippen molar-refractivity contribution in [2.75, 3.05) is 26.3 Å². The molecule has 0 fully saturated rings. The molecule has 63 heavy (non-hydrogen) atoms. The lowest BCUT2D eigenvalue weighted by Crippen LogP contribution is -2.39. The molecule has 0 aliphatic rings. The second-order valence-electron chi connectivity index (χ2n) is 16.4. The van der Waals surface area contributed by atoms with E-state index in [2.05, 4.69) is 96.7 Å². The third-order valence-corrected chi connectivity index (χ3v) is 10.8. The predicted octanol–water partition coefficient (Wildman–Crippen LogP) is 10.7. The van der Waals surface area contributed by atoms with Crippen LogP contribution in [0.2, 0.25) is 0 Å². The average molecular weight is 896 g/mol. The molecular formula is C52H79ClN2O8. The third kappa shape index (κ3) is 25.5. The van der Waals surface area contributed by atoms with Gasteiger partial charge in [-0.25, -0.2) is 0 Å². The SMILES string of the molecule is CCCCCCCCCc1ccc(CNCC#CCC(C)(C(=O)O)C(=O)O)cc1.CCCCCCCCCc1ccc(CNCC#CCC(C)(C(=O)OCC)C(=O)OCC)cc1.Cl. The zero-order valence-corrected chi connectivity index (χ0v) is 40.2. The molecule has 0 radical (unpaired) electrons. The molecule has 0 bridgehead atoms. The van der Waals surface area contributed by atoms with Gasteiger partial charge in [0.1, 0.15) is 0 Å². The van der Waals surface area contributed by atoms with Gasteiger partial charge >= 0.3 is 23.9 Å². The van der Waals surface area contributed by atoms with E-state index in [0.717, 1.165) is 24.9 Å². The van der Waals surface area contributed by atoms with Gasteiger partial charge in [-0.15, -0.1) is 24.2 Å². The topological polar surface area (TPSA) is 151 Å². The van der Waals surface area contributed by atoms with Crippen LogP contribution in [-0.2, 0) is 54.6 Å². The molecule has 0 amide bonds. The highest BCUT2D eigenvalue weighted by Gasteiger charge is 2.44. The Hall–Kier alpha value is -4.35. The molecule has 0 saturated carbocycles. The molecule has 0 aliphatic carbocycles. The van der Waals surface area contributed by atoms with Crippen LogP contribution in [0.1, 0.15) is 167 Å². The van der Waals surface area contributed by atoms with Crippen LogP contribution >= 0.6 is 12.4 Å². The Balaban J connectivity index is 0.00000121. The van der Waals surface area contributed by atoms with E-state index in [4.69, 9.17) is 19.7 Å². The first-order valence-electron chi connectivity index (χ1n) is 23.2. The van der Waals surface area contributed by atoms with Crippen molar-refractivity contribution in [2.45, 2.75) is 170 Å². The first-order chi connectivity index (χ1) is 29.9. The minimum Gasteiger partial charge on any atom is -0.480 e. The number of carboxylic acids is 2. The van der Waals surface area contributed by atoms with Crippen LogP contribution in [0.25, 0.3) is 0 Å². The second kappa shape index (κ2) is 36.0. The van der Waals surface area contributed by atoms with Crippen LogP contribution in [0.3, 0.4) is 0 Å². The minimum absolute atomic E-state index is 0. The predicted molar refractivity (Wildman–Crippen MR) is 256 cm³/mol. The molecule has 0 heterocycles. The Labute approximate surface area is 386 Å². The standard InChI is InChI=1S/C28H43NO4.C24H35NO4.ClH/c1-5-8-9-10-11-12-13-16-24-17-19-25(20-18-24)23-29-22-15-14-21-28(4,26(30)32-6-2)27(31)33-7-3;1-3-4-5-6-7-8-9-12-20-13-15-21(16-14-20)19-25-18-11-10-17-24(2,22(26)27)23(28)29;/h17-20,29H,5-13,16,21-23H2,1-4H3;13-16,25H,3-9,12,17-19H2,1-2H3,(H,26,27)(H,28,29);1H. The molecule has 0 unspecified atom stereocenters. The van der Waals surface area contributed by atoms with Gasteiger partial charge in [-0.1, -0.05) is 151 Å². The van der Waals surface area contributed by atoms with E-state index in [-0.39, 0.29) is 38.5 Å². The number of carboxylic acid groups (broad SMARTS) is 2. The zero-order chi connectivity index (χ0) is 45.9. The highest BCUT2D eigenvalue weighted by molar-refractivity contribution is 6.00. The number of halogens is 1. The molecule has 0 aliphatic heterocycles. The number of benzene rings is 2. The maximum atomic E-state index is 12.2. The number of esters is 2. The number of ether oxygens (including phenoxy) is 2. The molecule has 2 aromatic carbocycles. The summed E-state index contributed by atoms with van der Waals surface area (Å²) < 4.78 is 10.1. The van der Waals surface area contributed by atoms with Gasteiger partial charge in [-0.05, 0) is 75.6 Å². The summed E-state index contributed by atoms with van der Waals surface area (Å²) in [6.07, 6.45) is 20.7. The molecule has 4 N–H and O–H groups in total.